The van der Waals surface area contributed by atoms with E-state index in [1.165, 1.54) is 18.6 Å². The molecule has 1 N–H and O–H groups in total. The molecular weight excluding hydrogens is 255 g/mol. The van der Waals surface area contributed by atoms with Crippen molar-refractivity contribution in [2.75, 3.05) is 0 Å². The van der Waals surface area contributed by atoms with E-state index in [1.54, 1.807) is 6.07 Å². The maximum absolute atomic E-state index is 13.4. The Labute approximate surface area is 120 Å². The molecule has 2 aliphatic rings. The molecule has 20 heavy (non-hydrogen) atoms. The molecule has 3 rings (SSSR count). The fraction of sp³-hybridized carbons (Fsp3) is 0.647. The third-order valence-electron chi connectivity index (χ3n) is 4.97. The van der Waals surface area contributed by atoms with Crippen LogP contribution >= 0.6 is 0 Å². The fourth-order valence-corrected chi connectivity index (χ4v) is 3.62. The highest BCUT2D eigenvalue weighted by molar-refractivity contribution is 5.38. The van der Waals surface area contributed by atoms with Crippen LogP contribution in [0, 0.1) is 11.2 Å². The summed E-state index contributed by atoms with van der Waals surface area (Å²) >= 11 is 0. The molecule has 0 saturated heterocycles. The van der Waals surface area contributed by atoms with Crippen molar-refractivity contribution >= 4 is 0 Å². The van der Waals surface area contributed by atoms with Crippen molar-refractivity contribution in [1.82, 2.24) is 0 Å². The van der Waals surface area contributed by atoms with Crippen molar-refractivity contribution in [3.8, 4) is 5.75 Å². The maximum Gasteiger partial charge on any atom is 0.128 e. The number of benzene rings is 1. The predicted octanol–water partition coefficient (Wildman–Crippen LogP) is 4.37. The standard InChI is InChI=1S/C17H23FO2/c1-16(2)6-3-7-17(9-8-16)11-14(19)13-5-4-12(18)10-15(13)20-17/h4-5,10,14,19H,3,6-9,11H2,1-2H3/t14-,17?/m1/s1. The van der Waals surface area contributed by atoms with Crippen LogP contribution in [-0.2, 0) is 0 Å². The second-order valence-corrected chi connectivity index (χ2v) is 7.20. The van der Waals surface area contributed by atoms with Crippen molar-refractivity contribution in [3.63, 3.8) is 0 Å². The molecule has 1 aliphatic heterocycles. The van der Waals surface area contributed by atoms with Gasteiger partial charge in [-0.2, -0.15) is 0 Å². The van der Waals surface area contributed by atoms with E-state index in [-0.39, 0.29) is 11.4 Å². The largest absolute Gasteiger partial charge is 0.487 e. The molecule has 2 nitrogen and oxygen atoms in total. The summed E-state index contributed by atoms with van der Waals surface area (Å²) in [7, 11) is 0. The Morgan fingerprint density at radius 1 is 1.20 bits per heavy atom. The number of hydrogen-bond donors (Lipinski definition) is 1. The highest BCUT2D eigenvalue weighted by Crippen LogP contribution is 2.48. The van der Waals surface area contributed by atoms with E-state index in [2.05, 4.69) is 13.8 Å². The van der Waals surface area contributed by atoms with E-state index in [1.807, 2.05) is 0 Å². The normalized spacial score (nSPS) is 32.3. The van der Waals surface area contributed by atoms with E-state index < -0.39 is 6.10 Å². The van der Waals surface area contributed by atoms with Crippen LogP contribution in [0.3, 0.4) is 0 Å². The van der Waals surface area contributed by atoms with Crippen molar-refractivity contribution in [2.24, 2.45) is 5.41 Å². The Morgan fingerprint density at radius 2 is 2.00 bits per heavy atom. The van der Waals surface area contributed by atoms with Crippen molar-refractivity contribution in [1.29, 1.82) is 0 Å². The van der Waals surface area contributed by atoms with Crippen LogP contribution in [0.15, 0.2) is 18.2 Å². The molecule has 3 heteroatoms. The summed E-state index contributed by atoms with van der Waals surface area (Å²) in [6.45, 7) is 4.58. The molecule has 0 bridgehead atoms. The Balaban J connectivity index is 1.90. The summed E-state index contributed by atoms with van der Waals surface area (Å²) in [5, 5.41) is 10.4. The zero-order valence-electron chi connectivity index (χ0n) is 12.3. The molecule has 1 saturated carbocycles. The van der Waals surface area contributed by atoms with Crippen LogP contribution < -0.4 is 4.74 Å². The number of halogens is 1. The quantitative estimate of drug-likeness (QED) is 0.763. The van der Waals surface area contributed by atoms with Gasteiger partial charge in [0.15, 0.2) is 0 Å². The van der Waals surface area contributed by atoms with Gasteiger partial charge in [0.1, 0.15) is 17.2 Å². The van der Waals surface area contributed by atoms with Crippen LogP contribution in [0.4, 0.5) is 4.39 Å². The lowest BCUT2D eigenvalue weighted by molar-refractivity contribution is -0.0262. The van der Waals surface area contributed by atoms with E-state index in [0.29, 0.717) is 17.6 Å². The average Bonchev–Trinajstić information content (AvgIpc) is 2.49. The Hall–Kier alpha value is -1.09. The van der Waals surface area contributed by atoms with E-state index in [4.69, 9.17) is 4.74 Å². The van der Waals surface area contributed by atoms with Crippen LogP contribution in [-0.4, -0.2) is 10.7 Å². The minimum atomic E-state index is -0.541. The first kappa shape index (κ1) is 13.9. The van der Waals surface area contributed by atoms with Crippen LogP contribution in [0.25, 0.3) is 0 Å². The number of hydrogen-bond acceptors (Lipinski definition) is 2. The topological polar surface area (TPSA) is 29.5 Å². The predicted molar refractivity (Wildman–Crippen MR) is 76.2 cm³/mol. The first-order valence-corrected chi connectivity index (χ1v) is 7.56. The highest BCUT2D eigenvalue weighted by atomic mass is 19.1. The summed E-state index contributed by atoms with van der Waals surface area (Å²) in [6.07, 6.45) is 5.34. The van der Waals surface area contributed by atoms with Gasteiger partial charge in [-0.15, -0.1) is 0 Å². The molecule has 1 spiro atoms. The van der Waals surface area contributed by atoms with Crippen LogP contribution in [0.2, 0.25) is 0 Å². The van der Waals surface area contributed by atoms with Gasteiger partial charge in [-0.1, -0.05) is 13.8 Å². The molecule has 1 heterocycles. The van der Waals surface area contributed by atoms with Crippen LogP contribution in [0.1, 0.15) is 64.0 Å². The smallest absolute Gasteiger partial charge is 0.128 e. The number of aliphatic hydroxyl groups is 1. The van der Waals surface area contributed by atoms with Crippen molar-refractivity contribution < 1.29 is 14.2 Å². The zero-order valence-corrected chi connectivity index (χ0v) is 12.3. The fourth-order valence-electron chi connectivity index (χ4n) is 3.62. The molecule has 1 unspecified atom stereocenters. The number of rotatable bonds is 0. The zero-order chi connectivity index (χ0) is 14.4. The first-order chi connectivity index (χ1) is 9.39. The molecule has 1 aromatic carbocycles. The second kappa shape index (κ2) is 4.73. The molecular formula is C17H23FO2. The molecule has 0 aromatic heterocycles. The van der Waals surface area contributed by atoms with Gasteiger partial charge in [-0.25, -0.2) is 4.39 Å². The molecule has 1 fully saturated rings. The van der Waals surface area contributed by atoms with Gasteiger partial charge >= 0.3 is 0 Å². The molecule has 2 atom stereocenters. The Bertz CT molecular complexity index is 512. The lowest BCUT2D eigenvalue weighted by atomic mass is 9.81. The van der Waals surface area contributed by atoms with Gasteiger partial charge in [0.2, 0.25) is 0 Å². The Kier molecular flexibility index (Phi) is 3.28. The van der Waals surface area contributed by atoms with Crippen LogP contribution in [0.5, 0.6) is 5.75 Å². The molecule has 0 amide bonds. The lowest BCUT2D eigenvalue weighted by Gasteiger charge is -2.40. The minimum absolute atomic E-state index is 0.304. The monoisotopic (exact) mass is 278 g/mol. The SMILES string of the molecule is CC1(C)CCCC2(CC1)C[C@@H](O)c1ccc(F)cc1O2. The molecule has 0 radical (unpaired) electrons. The second-order valence-electron chi connectivity index (χ2n) is 7.20. The lowest BCUT2D eigenvalue weighted by Crippen LogP contribution is -2.41. The van der Waals surface area contributed by atoms with E-state index in [0.717, 1.165) is 31.2 Å². The third kappa shape index (κ3) is 2.56. The summed E-state index contributed by atoms with van der Waals surface area (Å²) in [4.78, 5) is 0. The summed E-state index contributed by atoms with van der Waals surface area (Å²) < 4.78 is 19.6. The number of ether oxygens (including phenoxy) is 1. The first-order valence-electron chi connectivity index (χ1n) is 7.56. The van der Waals surface area contributed by atoms with Gasteiger partial charge in [0, 0.05) is 18.1 Å². The highest BCUT2D eigenvalue weighted by Gasteiger charge is 2.43. The van der Waals surface area contributed by atoms with Crippen molar-refractivity contribution in [3.05, 3.63) is 29.6 Å². The molecule has 110 valence electrons. The Morgan fingerprint density at radius 3 is 2.80 bits per heavy atom. The summed E-state index contributed by atoms with van der Waals surface area (Å²) in [5.41, 5.74) is 0.745. The number of aliphatic hydroxyl groups excluding tert-OH is 1. The van der Waals surface area contributed by atoms with Gasteiger partial charge in [-0.05, 0) is 49.7 Å². The third-order valence-corrected chi connectivity index (χ3v) is 4.97. The van der Waals surface area contributed by atoms with Gasteiger partial charge in [0.05, 0.1) is 6.10 Å². The number of fused-ring (bicyclic) bond motifs is 1. The minimum Gasteiger partial charge on any atom is -0.487 e. The molecule has 1 aliphatic carbocycles. The molecule has 1 aromatic rings. The summed E-state index contributed by atoms with van der Waals surface area (Å²) in [6, 6.07) is 4.44. The van der Waals surface area contributed by atoms with Gasteiger partial charge < -0.3 is 9.84 Å². The van der Waals surface area contributed by atoms with E-state index >= 15 is 0 Å². The van der Waals surface area contributed by atoms with Gasteiger partial charge in [-0.3, -0.25) is 0 Å². The van der Waals surface area contributed by atoms with E-state index in [9.17, 15) is 9.50 Å². The maximum atomic E-state index is 13.4. The average molecular weight is 278 g/mol. The summed E-state index contributed by atoms with van der Waals surface area (Å²) in [5.74, 6) is 0.227. The van der Waals surface area contributed by atoms with Crippen molar-refractivity contribution in [2.45, 2.75) is 64.1 Å². The van der Waals surface area contributed by atoms with Gasteiger partial charge in [0.25, 0.3) is 0 Å².